The summed E-state index contributed by atoms with van der Waals surface area (Å²) in [6.45, 7) is 0. The zero-order valence-electron chi connectivity index (χ0n) is 8.11. The third-order valence-electron chi connectivity index (χ3n) is 1.93. The Morgan fingerprint density at radius 1 is 1.25 bits per heavy atom. The average Bonchev–Trinajstić information content (AvgIpc) is 2.14. The smallest absolute Gasteiger partial charge is 0.407 e. The average molecular weight is 241 g/mol. The van der Waals surface area contributed by atoms with E-state index in [1.165, 1.54) is 0 Å². The molecule has 0 radical (unpaired) electrons. The Bertz CT molecular complexity index is 390. The fourth-order valence-electron chi connectivity index (χ4n) is 1.20. The maximum Gasteiger partial charge on any atom is 0.407 e. The topological polar surface area (TPSA) is 35.2 Å². The van der Waals surface area contributed by atoms with Crippen LogP contribution in [0.2, 0.25) is 0 Å². The number of rotatable bonds is 2. The van der Waals surface area contributed by atoms with Gasteiger partial charge < -0.3 is 10.5 Å². The van der Waals surface area contributed by atoms with Crippen molar-refractivity contribution in [1.82, 2.24) is 0 Å². The summed E-state index contributed by atoms with van der Waals surface area (Å²) in [6.07, 6.45) is -4.80. The van der Waals surface area contributed by atoms with Crippen molar-refractivity contribution in [3.8, 4) is 5.75 Å². The third kappa shape index (κ3) is 2.41. The maximum absolute atomic E-state index is 13.1. The number of methoxy groups -OCH3 is 1. The van der Waals surface area contributed by atoms with Crippen molar-refractivity contribution in [2.24, 2.45) is 5.73 Å². The monoisotopic (exact) mass is 241 g/mol. The second kappa shape index (κ2) is 4.25. The quantitative estimate of drug-likeness (QED) is 0.807. The van der Waals surface area contributed by atoms with E-state index < -0.39 is 35.2 Å². The van der Waals surface area contributed by atoms with E-state index >= 15 is 0 Å². The number of benzene rings is 1. The van der Waals surface area contributed by atoms with Gasteiger partial charge in [-0.25, -0.2) is 8.78 Å². The predicted molar refractivity (Wildman–Crippen MR) is 45.9 cm³/mol. The van der Waals surface area contributed by atoms with E-state index in [0.717, 1.165) is 7.11 Å². The third-order valence-corrected chi connectivity index (χ3v) is 1.93. The summed E-state index contributed by atoms with van der Waals surface area (Å²) >= 11 is 0. The first kappa shape index (κ1) is 12.7. The largest absolute Gasteiger partial charge is 0.493 e. The van der Waals surface area contributed by atoms with Crippen molar-refractivity contribution in [3.63, 3.8) is 0 Å². The Morgan fingerprint density at radius 2 is 1.81 bits per heavy atom. The van der Waals surface area contributed by atoms with Gasteiger partial charge >= 0.3 is 6.18 Å². The molecule has 0 saturated heterocycles. The zero-order valence-corrected chi connectivity index (χ0v) is 8.11. The summed E-state index contributed by atoms with van der Waals surface area (Å²) in [5.41, 5.74) is 4.08. The minimum Gasteiger partial charge on any atom is -0.493 e. The summed E-state index contributed by atoms with van der Waals surface area (Å²) in [5, 5.41) is 0. The molecule has 0 spiro atoms. The van der Waals surface area contributed by atoms with Crippen LogP contribution in [0.3, 0.4) is 0 Å². The molecule has 1 aromatic rings. The Kier molecular flexibility index (Phi) is 3.37. The van der Waals surface area contributed by atoms with E-state index in [-0.39, 0.29) is 0 Å². The van der Waals surface area contributed by atoms with Crippen molar-refractivity contribution in [2.75, 3.05) is 7.11 Å². The standard InChI is InChI=1S/C9H8F5NO/c1-16-7-5(8(15)9(12,13)14)2-4(10)3-6(7)11/h2-3,8H,15H2,1H3. The molecule has 0 aliphatic carbocycles. The van der Waals surface area contributed by atoms with E-state index in [4.69, 9.17) is 5.73 Å². The van der Waals surface area contributed by atoms with Crippen LogP contribution in [0.5, 0.6) is 5.75 Å². The summed E-state index contributed by atoms with van der Waals surface area (Å²) in [5.74, 6) is -3.07. The van der Waals surface area contributed by atoms with Crippen LogP contribution in [-0.2, 0) is 0 Å². The summed E-state index contributed by atoms with van der Waals surface area (Å²) in [4.78, 5) is 0. The van der Waals surface area contributed by atoms with Crippen LogP contribution in [-0.4, -0.2) is 13.3 Å². The van der Waals surface area contributed by atoms with Crippen LogP contribution < -0.4 is 10.5 Å². The molecule has 1 atom stereocenters. The molecule has 0 saturated carbocycles. The van der Waals surface area contributed by atoms with E-state index in [1.54, 1.807) is 0 Å². The Balaban J connectivity index is 3.31. The summed E-state index contributed by atoms with van der Waals surface area (Å²) < 4.78 is 67.1. The van der Waals surface area contributed by atoms with Crippen LogP contribution in [0, 0.1) is 11.6 Å². The highest BCUT2D eigenvalue weighted by Gasteiger charge is 2.40. The van der Waals surface area contributed by atoms with Gasteiger partial charge in [-0.3, -0.25) is 0 Å². The molecular weight excluding hydrogens is 233 g/mol. The van der Waals surface area contributed by atoms with Crippen molar-refractivity contribution >= 4 is 0 Å². The van der Waals surface area contributed by atoms with Gasteiger partial charge in [0.2, 0.25) is 0 Å². The number of alkyl halides is 3. The lowest BCUT2D eigenvalue weighted by atomic mass is 10.1. The molecule has 0 amide bonds. The second-order valence-electron chi connectivity index (χ2n) is 3.03. The molecule has 90 valence electrons. The van der Waals surface area contributed by atoms with Gasteiger partial charge in [-0.05, 0) is 6.07 Å². The van der Waals surface area contributed by atoms with Gasteiger partial charge in [-0.1, -0.05) is 0 Å². The van der Waals surface area contributed by atoms with Crippen LogP contribution in [0.1, 0.15) is 11.6 Å². The lowest BCUT2D eigenvalue weighted by Crippen LogP contribution is -2.29. The van der Waals surface area contributed by atoms with Gasteiger partial charge in [0, 0.05) is 11.6 Å². The first-order chi connectivity index (χ1) is 7.27. The number of ether oxygens (including phenoxy) is 1. The molecule has 0 bridgehead atoms. The van der Waals surface area contributed by atoms with Gasteiger partial charge in [0.25, 0.3) is 0 Å². The van der Waals surface area contributed by atoms with Crippen LogP contribution in [0.15, 0.2) is 12.1 Å². The normalized spacial score (nSPS) is 13.7. The van der Waals surface area contributed by atoms with Crippen molar-refractivity contribution in [2.45, 2.75) is 12.2 Å². The van der Waals surface area contributed by atoms with Gasteiger partial charge in [-0.2, -0.15) is 13.2 Å². The van der Waals surface area contributed by atoms with E-state index in [0.29, 0.717) is 12.1 Å². The van der Waals surface area contributed by atoms with Crippen LogP contribution in [0.25, 0.3) is 0 Å². The highest BCUT2D eigenvalue weighted by molar-refractivity contribution is 5.38. The minimum absolute atomic E-state index is 0.422. The van der Waals surface area contributed by atoms with Gasteiger partial charge in [0.05, 0.1) is 7.11 Å². The molecule has 2 nitrogen and oxygen atoms in total. The SMILES string of the molecule is COc1c(F)cc(F)cc1C(N)C(F)(F)F. The Labute approximate surface area is 87.8 Å². The van der Waals surface area contributed by atoms with Crippen molar-refractivity contribution < 1.29 is 26.7 Å². The molecule has 2 N–H and O–H groups in total. The van der Waals surface area contributed by atoms with E-state index in [2.05, 4.69) is 4.74 Å². The molecule has 1 aromatic carbocycles. The molecule has 16 heavy (non-hydrogen) atoms. The molecule has 0 aromatic heterocycles. The predicted octanol–water partition coefficient (Wildman–Crippen LogP) is 2.54. The molecule has 0 heterocycles. The lowest BCUT2D eigenvalue weighted by Gasteiger charge is -2.18. The van der Waals surface area contributed by atoms with Crippen molar-refractivity contribution in [3.05, 3.63) is 29.3 Å². The highest BCUT2D eigenvalue weighted by Crippen LogP contribution is 2.36. The van der Waals surface area contributed by atoms with Gasteiger partial charge in [-0.15, -0.1) is 0 Å². The fourth-order valence-corrected chi connectivity index (χ4v) is 1.20. The number of halogens is 5. The Hall–Kier alpha value is -1.37. The van der Waals surface area contributed by atoms with Gasteiger partial charge in [0.1, 0.15) is 11.9 Å². The zero-order chi connectivity index (χ0) is 12.5. The molecule has 0 fully saturated rings. The van der Waals surface area contributed by atoms with Crippen LogP contribution in [0.4, 0.5) is 22.0 Å². The minimum atomic E-state index is -4.80. The Morgan fingerprint density at radius 3 is 2.25 bits per heavy atom. The van der Waals surface area contributed by atoms with E-state index in [9.17, 15) is 22.0 Å². The molecular formula is C9H8F5NO. The first-order valence-electron chi connectivity index (χ1n) is 4.12. The highest BCUT2D eigenvalue weighted by atomic mass is 19.4. The lowest BCUT2D eigenvalue weighted by molar-refractivity contribution is -0.149. The fraction of sp³-hybridized carbons (Fsp3) is 0.333. The van der Waals surface area contributed by atoms with Crippen molar-refractivity contribution in [1.29, 1.82) is 0 Å². The number of nitrogens with two attached hydrogens (primary N) is 1. The summed E-state index contributed by atoms with van der Waals surface area (Å²) in [7, 11) is 0.975. The maximum atomic E-state index is 13.1. The summed E-state index contributed by atoms with van der Waals surface area (Å²) in [6, 6.07) is -1.57. The number of hydrogen-bond donors (Lipinski definition) is 1. The molecule has 1 unspecified atom stereocenters. The van der Waals surface area contributed by atoms with Crippen LogP contribution >= 0.6 is 0 Å². The molecule has 0 aliphatic heterocycles. The molecule has 0 aliphatic rings. The molecule has 7 heteroatoms. The first-order valence-corrected chi connectivity index (χ1v) is 4.12. The van der Waals surface area contributed by atoms with E-state index in [1.807, 2.05) is 0 Å². The number of hydrogen-bond acceptors (Lipinski definition) is 2. The van der Waals surface area contributed by atoms with Gasteiger partial charge in [0.15, 0.2) is 11.6 Å². The molecule has 1 rings (SSSR count). The second-order valence-corrected chi connectivity index (χ2v) is 3.03.